The van der Waals surface area contributed by atoms with Gasteiger partial charge in [-0.3, -0.25) is 4.79 Å². The fourth-order valence-corrected chi connectivity index (χ4v) is 5.96. The molecule has 2 unspecified atom stereocenters. The van der Waals surface area contributed by atoms with Crippen LogP contribution in [0.15, 0.2) is 34.1 Å². The number of piperidine rings is 1. The van der Waals surface area contributed by atoms with Crippen LogP contribution in [0.25, 0.3) is 0 Å². The smallest absolute Gasteiger partial charge is 0.341 e. The van der Waals surface area contributed by atoms with E-state index in [1.165, 1.54) is 6.07 Å². The summed E-state index contributed by atoms with van der Waals surface area (Å²) in [6.45, 7) is 1.31. The van der Waals surface area contributed by atoms with E-state index in [0.717, 1.165) is 22.5 Å². The first kappa shape index (κ1) is 19.7. The molecule has 0 bridgehead atoms. The second-order valence-electron chi connectivity index (χ2n) is 5.95. The first-order valence-corrected chi connectivity index (χ1v) is 10.3. The van der Waals surface area contributed by atoms with Crippen molar-refractivity contribution in [2.24, 2.45) is 11.8 Å². The van der Waals surface area contributed by atoms with Crippen molar-refractivity contribution in [2.75, 3.05) is 13.1 Å². The SMILES string of the molecule is CC1CC(C(=O)O)CN(S(=O)(=O)c2ccccc2S(=O)(=O)C(F)F)C1. The Bertz CT molecular complexity index is 869. The van der Waals surface area contributed by atoms with Crippen LogP contribution < -0.4 is 0 Å². The molecule has 1 N–H and O–H groups in total. The van der Waals surface area contributed by atoms with Crippen LogP contribution in [0.5, 0.6) is 0 Å². The number of hydrogen-bond donors (Lipinski definition) is 1. The molecule has 1 fully saturated rings. The molecule has 0 saturated carbocycles. The Balaban J connectivity index is 2.53. The molecule has 11 heteroatoms. The molecule has 140 valence electrons. The molecular weight excluding hydrogens is 380 g/mol. The highest BCUT2D eigenvalue weighted by Crippen LogP contribution is 2.31. The molecule has 1 heterocycles. The van der Waals surface area contributed by atoms with E-state index >= 15 is 0 Å². The number of hydrogen-bond acceptors (Lipinski definition) is 5. The number of carboxylic acids is 1. The first-order valence-electron chi connectivity index (χ1n) is 7.32. The second-order valence-corrected chi connectivity index (χ2v) is 9.74. The van der Waals surface area contributed by atoms with Gasteiger partial charge in [0.15, 0.2) is 0 Å². The van der Waals surface area contributed by atoms with Gasteiger partial charge in [0.25, 0.3) is 0 Å². The molecule has 2 rings (SSSR count). The molecule has 1 aromatic rings. The summed E-state index contributed by atoms with van der Waals surface area (Å²) in [5, 5.41) is 9.15. The number of sulfone groups is 1. The van der Waals surface area contributed by atoms with E-state index in [1.54, 1.807) is 6.92 Å². The zero-order valence-corrected chi connectivity index (χ0v) is 14.8. The molecule has 25 heavy (non-hydrogen) atoms. The van der Waals surface area contributed by atoms with Gasteiger partial charge in [0.05, 0.1) is 10.8 Å². The molecular formula is C14H17F2NO6S2. The van der Waals surface area contributed by atoms with Gasteiger partial charge in [-0.15, -0.1) is 0 Å². The van der Waals surface area contributed by atoms with Crippen molar-refractivity contribution in [3.05, 3.63) is 24.3 Å². The Morgan fingerprint density at radius 1 is 1.16 bits per heavy atom. The minimum absolute atomic E-state index is 0.0187. The molecule has 1 aliphatic heterocycles. The van der Waals surface area contributed by atoms with Crippen molar-refractivity contribution in [1.82, 2.24) is 4.31 Å². The van der Waals surface area contributed by atoms with Crippen molar-refractivity contribution in [3.8, 4) is 0 Å². The lowest BCUT2D eigenvalue weighted by molar-refractivity contribution is -0.143. The predicted molar refractivity (Wildman–Crippen MR) is 83.3 cm³/mol. The average Bonchev–Trinajstić information content (AvgIpc) is 2.54. The zero-order chi connectivity index (χ0) is 19.0. The number of halogens is 2. The van der Waals surface area contributed by atoms with E-state index in [4.69, 9.17) is 5.11 Å². The van der Waals surface area contributed by atoms with E-state index in [1.807, 2.05) is 0 Å². The van der Waals surface area contributed by atoms with Crippen LogP contribution in [0.2, 0.25) is 0 Å². The fourth-order valence-electron chi connectivity index (χ4n) is 2.81. The van der Waals surface area contributed by atoms with Crippen molar-refractivity contribution < 1.29 is 35.5 Å². The van der Waals surface area contributed by atoms with E-state index in [0.29, 0.717) is 0 Å². The summed E-state index contributed by atoms with van der Waals surface area (Å²) in [5.41, 5.74) is 0. The molecule has 7 nitrogen and oxygen atoms in total. The monoisotopic (exact) mass is 397 g/mol. The van der Waals surface area contributed by atoms with Crippen LogP contribution in [-0.2, 0) is 24.7 Å². The molecule has 0 amide bonds. The lowest BCUT2D eigenvalue weighted by Gasteiger charge is -2.34. The van der Waals surface area contributed by atoms with Gasteiger partial charge in [0.2, 0.25) is 19.9 Å². The third kappa shape index (κ3) is 3.82. The summed E-state index contributed by atoms with van der Waals surface area (Å²) < 4.78 is 75.8. The van der Waals surface area contributed by atoms with Crippen molar-refractivity contribution in [2.45, 2.75) is 28.9 Å². The minimum atomic E-state index is -5.13. The second kappa shape index (κ2) is 6.96. The van der Waals surface area contributed by atoms with Crippen LogP contribution >= 0.6 is 0 Å². The third-order valence-corrected chi connectivity index (χ3v) is 7.44. The maximum atomic E-state index is 12.9. The number of carboxylic acid groups (broad SMARTS) is 1. The first-order chi connectivity index (χ1) is 11.5. The molecule has 2 atom stereocenters. The Hall–Kier alpha value is -1.59. The standard InChI is InChI=1S/C14H17F2NO6S2/c1-9-6-10(13(18)19)8-17(7-9)25(22,23)12-5-3-2-4-11(12)24(20,21)14(15)16/h2-5,9-10,14H,6-8H2,1H3,(H,18,19). The van der Waals surface area contributed by atoms with Crippen molar-refractivity contribution in [3.63, 3.8) is 0 Å². The van der Waals surface area contributed by atoms with Gasteiger partial charge in [-0.05, 0) is 24.5 Å². The zero-order valence-electron chi connectivity index (χ0n) is 13.2. The maximum Gasteiger partial charge on any atom is 0.341 e. The highest BCUT2D eigenvalue weighted by Gasteiger charge is 2.39. The number of aliphatic carboxylic acids is 1. The fraction of sp³-hybridized carbons (Fsp3) is 0.500. The Kier molecular flexibility index (Phi) is 5.50. The Morgan fingerprint density at radius 2 is 1.72 bits per heavy atom. The van der Waals surface area contributed by atoms with E-state index < -0.39 is 47.3 Å². The number of benzene rings is 1. The van der Waals surface area contributed by atoms with E-state index in [-0.39, 0.29) is 25.4 Å². The van der Waals surface area contributed by atoms with Gasteiger partial charge >= 0.3 is 11.7 Å². The van der Waals surface area contributed by atoms with E-state index in [2.05, 4.69) is 0 Å². The highest BCUT2D eigenvalue weighted by molar-refractivity contribution is 7.93. The number of carbonyl (C=O) groups is 1. The summed E-state index contributed by atoms with van der Waals surface area (Å²) in [6, 6.07) is 4.10. The summed E-state index contributed by atoms with van der Waals surface area (Å²) in [4.78, 5) is 9.45. The Morgan fingerprint density at radius 3 is 2.24 bits per heavy atom. The van der Waals surface area contributed by atoms with Crippen LogP contribution in [0.3, 0.4) is 0 Å². The van der Waals surface area contributed by atoms with Gasteiger partial charge < -0.3 is 5.11 Å². The third-order valence-electron chi connectivity index (χ3n) is 3.98. The van der Waals surface area contributed by atoms with Crippen molar-refractivity contribution in [1.29, 1.82) is 0 Å². The van der Waals surface area contributed by atoms with E-state index in [9.17, 15) is 30.4 Å². The van der Waals surface area contributed by atoms with Gasteiger partial charge in [0, 0.05) is 13.1 Å². The number of sulfonamides is 1. The highest BCUT2D eigenvalue weighted by atomic mass is 32.2. The number of rotatable bonds is 5. The van der Waals surface area contributed by atoms with Crippen LogP contribution in [0, 0.1) is 11.8 Å². The molecule has 0 aliphatic carbocycles. The summed E-state index contributed by atoms with van der Waals surface area (Å²) in [5.74, 6) is -6.16. The summed E-state index contributed by atoms with van der Waals surface area (Å²) in [7, 11) is -9.58. The van der Waals surface area contributed by atoms with Crippen LogP contribution in [0.4, 0.5) is 8.78 Å². The lowest BCUT2D eigenvalue weighted by atomic mass is 9.92. The van der Waals surface area contributed by atoms with Gasteiger partial charge in [0.1, 0.15) is 4.90 Å². The average molecular weight is 397 g/mol. The Labute approximate surface area is 144 Å². The molecule has 0 spiro atoms. The molecule has 1 saturated heterocycles. The van der Waals surface area contributed by atoms with Crippen LogP contribution in [0.1, 0.15) is 13.3 Å². The summed E-state index contributed by atoms with van der Waals surface area (Å²) >= 11 is 0. The molecule has 0 radical (unpaired) electrons. The quantitative estimate of drug-likeness (QED) is 0.805. The van der Waals surface area contributed by atoms with Crippen LogP contribution in [-0.4, -0.2) is 51.1 Å². The topological polar surface area (TPSA) is 109 Å². The number of alkyl halides is 2. The predicted octanol–water partition coefficient (Wildman–Crippen LogP) is 1.41. The number of nitrogens with zero attached hydrogens (tertiary/aromatic N) is 1. The molecule has 0 aromatic heterocycles. The van der Waals surface area contributed by atoms with Crippen molar-refractivity contribution >= 4 is 25.8 Å². The lowest BCUT2D eigenvalue weighted by Crippen LogP contribution is -2.45. The van der Waals surface area contributed by atoms with Gasteiger partial charge in [-0.2, -0.15) is 13.1 Å². The molecule has 1 aliphatic rings. The summed E-state index contributed by atoms with van der Waals surface area (Å²) in [6.07, 6.45) is 0.276. The largest absolute Gasteiger partial charge is 0.481 e. The maximum absolute atomic E-state index is 12.9. The van der Waals surface area contributed by atoms with Gasteiger partial charge in [-0.25, -0.2) is 16.8 Å². The van der Waals surface area contributed by atoms with Gasteiger partial charge in [-0.1, -0.05) is 19.1 Å². The normalized spacial score (nSPS) is 22.9. The minimum Gasteiger partial charge on any atom is -0.481 e. The molecule has 1 aromatic carbocycles.